The molecule has 0 aromatic heterocycles. The highest BCUT2D eigenvalue weighted by Crippen LogP contribution is 2.35. The van der Waals surface area contributed by atoms with Crippen LogP contribution in [0.1, 0.15) is 15.9 Å². The van der Waals surface area contributed by atoms with Crippen LogP contribution in [0, 0.1) is 3.57 Å². The summed E-state index contributed by atoms with van der Waals surface area (Å²) in [7, 11) is 0. The third-order valence-electron chi connectivity index (χ3n) is 2.88. The third kappa shape index (κ3) is 4.81. The van der Waals surface area contributed by atoms with Crippen molar-refractivity contribution in [1.29, 1.82) is 0 Å². The number of halogens is 5. The van der Waals surface area contributed by atoms with Crippen molar-refractivity contribution in [3.05, 3.63) is 62.2 Å². The highest BCUT2D eigenvalue weighted by atomic mass is 127. The lowest BCUT2D eigenvalue weighted by Gasteiger charge is -2.16. The van der Waals surface area contributed by atoms with Crippen molar-refractivity contribution in [3.63, 3.8) is 0 Å². The fraction of sp³-hybridized carbons (Fsp3) is 0.0667. The number of carbonyl (C=O) groups excluding carboxylic acids is 1. The molecule has 2 rings (SSSR count). The van der Waals surface area contributed by atoms with Gasteiger partial charge in [-0.1, -0.05) is 23.7 Å². The Kier molecular flexibility index (Phi) is 6.05. The molecule has 2 N–H and O–H groups in total. The summed E-state index contributed by atoms with van der Waals surface area (Å²) in [6, 6.07) is 9.83. The minimum atomic E-state index is -4.55. The van der Waals surface area contributed by atoms with Crippen LogP contribution in [0.2, 0.25) is 5.02 Å². The maximum atomic E-state index is 13.0. The Hall–Kier alpha value is -1.39. The van der Waals surface area contributed by atoms with Crippen LogP contribution in [0.3, 0.4) is 0 Å². The number of benzene rings is 2. The fourth-order valence-electron chi connectivity index (χ4n) is 1.84. The van der Waals surface area contributed by atoms with Crippen LogP contribution in [0.4, 0.5) is 18.9 Å². The van der Waals surface area contributed by atoms with Crippen molar-refractivity contribution >= 4 is 63.1 Å². The molecule has 2 aromatic rings. The predicted molar refractivity (Wildman–Crippen MR) is 99.3 cm³/mol. The molecule has 2 aromatic carbocycles. The molecule has 0 unspecified atom stereocenters. The summed E-state index contributed by atoms with van der Waals surface area (Å²) in [5.41, 5.74) is -0.946. The smallest absolute Gasteiger partial charge is 0.332 e. The second kappa shape index (κ2) is 7.66. The lowest BCUT2D eigenvalue weighted by molar-refractivity contribution is -0.136. The summed E-state index contributed by atoms with van der Waals surface area (Å²) in [6.07, 6.45) is -4.55. The zero-order chi connectivity index (χ0) is 17.9. The van der Waals surface area contributed by atoms with Crippen molar-refractivity contribution in [2.45, 2.75) is 6.18 Å². The average Bonchev–Trinajstić information content (AvgIpc) is 2.46. The average molecular weight is 485 g/mol. The van der Waals surface area contributed by atoms with E-state index in [0.29, 0.717) is 3.57 Å². The quantitative estimate of drug-likeness (QED) is 0.461. The summed E-state index contributed by atoms with van der Waals surface area (Å²) in [4.78, 5) is 12.1. The van der Waals surface area contributed by atoms with Gasteiger partial charge < -0.3 is 5.32 Å². The monoisotopic (exact) mass is 484 g/mol. The van der Waals surface area contributed by atoms with E-state index in [2.05, 4.69) is 10.6 Å². The molecular weight excluding hydrogens is 476 g/mol. The first kappa shape index (κ1) is 18.9. The molecule has 0 fully saturated rings. The number of anilines is 1. The van der Waals surface area contributed by atoms with Gasteiger partial charge in [-0.25, -0.2) is 0 Å². The Bertz CT molecular complexity index is 799. The molecule has 0 spiro atoms. The third-order valence-corrected chi connectivity index (χ3v) is 4.09. The van der Waals surface area contributed by atoms with Crippen LogP contribution in [-0.2, 0) is 6.18 Å². The first-order valence-corrected chi connectivity index (χ1v) is 8.28. The maximum Gasteiger partial charge on any atom is 0.418 e. The van der Waals surface area contributed by atoms with Gasteiger partial charge in [0.15, 0.2) is 5.11 Å². The van der Waals surface area contributed by atoms with E-state index in [9.17, 15) is 18.0 Å². The maximum absolute atomic E-state index is 13.0. The van der Waals surface area contributed by atoms with E-state index in [4.69, 9.17) is 23.8 Å². The van der Waals surface area contributed by atoms with E-state index in [1.807, 2.05) is 22.6 Å². The van der Waals surface area contributed by atoms with Crippen LogP contribution in [-0.4, -0.2) is 11.0 Å². The first-order chi connectivity index (χ1) is 11.2. The SMILES string of the molecule is O=C(NC(=S)Nc1cc(I)ccc1C(F)(F)F)c1ccccc1Cl. The van der Waals surface area contributed by atoms with E-state index in [1.54, 1.807) is 12.1 Å². The molecule has 0 aliphatic carbocycles. The zero-order valence-corrected chi connectivity index (χ0v) is 15.5. The van der Waals surface area contributed by atoms with Gasteiger partial charge in [0.25, 0.3) is 5.91 Å². The van der Waals surface area contributed by atoms with E-state index in [1.165, 1.54) is 24.3 Å². The molecule has 0 heterocycles. The van der Waals surface area contributed by atoms with Gasteiger partial charge in [0.2, 0.25) is 0 Å². The topological polar surface area (TPSA) is 41.1 Å². The lowest BCUT2D eigenvalue weighted by Crippen LogP contribution is -2.34. The number of hydrogen-bond donors (Lipinski definition) is 2. The van der Waals surface area contributed by atoms with Gasteiger partial charge in [0.05, 0.1) is 21.8 Å². The molecule has 0 aliphatic rings. The van der Waals surface area contributed by atoms with Crippen molar-refractivity contribution in [2.75, 3.05) is 5.32 Å². The number of hydrogen-bond acceptors (Lipinski definition) is 2. The minimum Gasteiger partial charge on any atom is -0.332 e. The molecule has 0 atom stereocenters. The predicted octanol–water partition coefficient (Wildman–Crippen LogP) is 5.09. The summed E-state index contributed by atoms with van der Waals surface area (Å²) in [5.74, 6) is -0.614. The van der Waals surface area contributed by atoms with E-state index in [-0.39, 0.29) is 21.4 Å². The lowest BCUT2D eigenvalue weighted by atomic mass is 10.1. The molecule has 0 radical (unpaired) electrons. The highest BCUT2D eigenvalue weighted by Gasteiger charge is 2.33. The number of rotatable bonds is 2. The molecular formula is C15H9ClF3IN2OS. The summed E-state index contributed by atoms with van der Waals surface area (Å²) < 4.78 is 39.6. The summed E-state index contributed by atoms with van der Waals surface area (Å²) >= 11 is 12.7. The Balaban J connectivity index is 2.17. The molecule has 24 heavy (non-hydrogen) atoms. The Labute approximate surface area is 159 Å². The van der Waals surface area contributed by atoms with Gasteiger partial charge in [-0.2, -0.15) is 13.2 Å². The fourth-order valence-corrected chi connectivity index (χ4v) is 2.75. The number of thiocarbonyl (C=S) groups is 1. The van der Waals surface area contributed by atoms with Gasteiger partial charge in [-0.05, 0) is 65.1 Å². The van der Waals surface area contributed by atoms with Crippen molar-refractivity contribution in [3.8, 4) is 0 Å². The second-order valence-electron chi connectivity index (χ2n) is 4.58. The molecule has 126 valence electrons. The Morgan fingerprint density at radius 2 is 1.83 bits per heavy atom. The largest absolute Gasteiger partial charge is 0.418 e. The van der Waals surface area contributed by atoms with Crippen molar-refractivity contribution in [1.82, 2.24) is 5.32 Å². The van der Waals surface area contributed by atoms with Gasteiger partial charge in [0.1, 0.15) is 0 Å². The molecule has 9 heteroatoms. The minimum absolute atomic E-state index is 0.169. The zero-order valence-electron chi connectivity index (χ0n) is 11.7. The molecule has 3 nitrogen and oxygen atoms in total. The van der Waals surface area contributed by atoms with E-state index < -0.39 is 17.6 Å². The normalized spacial score (nSPS) is 11.0. The molecule has 0 saturated heterocycles. The standard InChI is InChI=1S/C15H9ClF3IN2OS/c16-11-4-2-1-3-9(11)13(23)22-14(24)21-12-7-8(20)5-6-10(12)15(17,18)19/h1-7H,(H2,21,22,23,24). The van der Waals surface area contributed by atoms with Crippen LogP contribution in [0.15, 0.2) is 42.5 Å². The highest BCUT2D eigenvalue weighted by molar-refractivity contribution is 14.1. The number of carbonyl (C=O) groups is 1. The van der Waals surface area contributed by atoms with E-state index >= 15 is 0 Å². The molecule has 0 aliphatic heterocycles. The number of nitrogens with one attached hydrogen (secondary N) is 2. The molecule has 0 saturated carbocycles. The molecule has 0 bridgehead atoms. The van der Waals surface area contributed by atoms with Crippen LogP contribution < -0.4 is 10.6 Å². The van der Waals surface area contributed by atoms with E-state index in [0.717, 1.165) is 6.07 Å². The second-order valence-corrected chi connectivity index (χ2v) is 6.64. The Morgan fingerprint density at radius 3 is 2.46 bits per heavy atom. The summed E-state index contributed by atoms with van der Waals surface area (Å²) in [6.45, 7) is 0. The number of amides is 1. The Morgan fingerprint density at radius 1 is 1.17 bits per heavy atom. The van der Waals surface area contributed by atoms with Gasteiger partial charge in [0, 0.05) is 3.57 Å². The van der Waals surface area contributed by atoms with Gasteiger partial charge in [-0.15, -0.1) is 0 Å². The van der Waals surface area contributed by atoms with Crippen molar-refractivity contribution < 1.29 is 18.0 Å². The van der Waals surface area contributed by atoms with Gasteiger partial charge >= 0.3 is 6.18 Å². The van der Waals surface area contributed by atoms with Crippen molar-refractivity contribution in [2.24, 2.45) is 0 Å². The molecule has 1 amide bonds. The first-order valence-electron chi connectivity index (χ1n) is 6.42. The van der Waals surface area contributed by atoms with Crippen LogP contribution in [0.25, 0.3) is 0 Å². The number of alkyl halides is 3. The van der Waals surface area contributed by atoms with Crippen LogP contribution in [0.5, 0.6) is 0 Å². The van der Waals surface area contributed by atoms with Gasteiger partial charge in [-0.3, -0.25) is 10.1 Å². The summed E-state index contributed by atoms with van der Waals surface area (Å²) in [5, 5.41) is 4.67. The van der Waals surface area contributed by atoms with Crippen LogP contribution >= 0.6 is 46.4 Å².